The molecular weight excluding hydrogens is 176 g/mol. The molecule has 1 saturated heterocycles. The highest BCUT2D eigenvalue weighted by Crippen LogP contribution is 2.15. The maximum absolute atomic E-state index is 9.31. The van der Waals surface area contributed by atoms with Gasteiger partial charge in [0.15, 0.2) is 0 Å². The predicted octanol–water partition coefficient (Wildman–Crippen LogP) is 0.689. The van der Waals surface area contributed by atoms with Crippen molar-refractivity contribution in [2.75, 3.05) is 32.7 Å². The molecule has 0 spiro atoms. The molecule has 1 aliphatic heterocycles. The summed E-state index contributed by atoms with van der Waals surface area (Å²) in [6, 6.07) is 0. The van der Waals surface area contributed by atoms with E-state index in [1.54, 1.807) is 0 Å². The molecule has 0 saturated carbocycles. The lowest BCUT2D eigenvalue weighted by Crippen LogP contribution is -2.42. The Morgan fingerprint density at radius 2 is 2.36 bits per heavy atom. The quantitative estimate of drug-likeness (QED) is 0.685. The van der Waals surface area contributed by atoms with Crippen LogP contribution in [0.1, 0.15) is 26.7 Å². The molecular formula is C11H24N2O. The SMILES string of the molecule is CCNCC1CCCN(CC(C)O)C1. The number of hydrogen-bond donors (Lipinski definition) is 2. The first kappa shape index (κ1) is 12.0. The fourth-order valence-electron chi connectivity index (χ4n) is 2.21. The van der Waals surface area contributed by atoms with Crippen molar-refractivity contribution in [1.82, 2.24) is 10.2 Å². The number of nitrogens with one attached hydrogen (secondary N) is 1. The molecule has 0 amide bonds. The Labute approximate surface area is 87.5 Å². The van der Waals surface area contributed by atoms with Crippen LogP contribution in [0.5, 0.6) is 0 Å². The number of hydrogen-bond acceptors (Lipinski definition) is 3. The molecule has 0 aromatic carbocycles. The van der Waals surface area contributed by atoms with Crippen molar-refractivity contribution >= 4 is 0 Å². The zero-order valence-corrected chi connectivity index (χ0v) is 9.50. The van der Waals surface area contributed by atoms with Gasteiger partial charge in [0.05, 0.1) is 6.10 Å². The Kier molecular flexibility index (Phi) is 5.45. The van der Waals surface area contributed by atoms with Gasteiger partial charge in [-0.1, -0.05) is 6.92 Å². The zero-order chi connectivity index (χ0) is 10.4. The van der Waals surface area contributed by atoms with Crippen molar-refractivity contribution in [2.45, 2.75) is 32.8 Å². The average molecular weight is 200 g/mol. The van der Waals surface area contributed by atoms with Crippen LogP contribution < -0.4 is 5.32 Å². The Bertz CT molecular complexity index is 150. The van der Waals surface area contributed by atoms with Crippen LogP contribution in [0.3, 0.4) is 0 Å². The van der Waals surface area contributed by atoms with Crippen LogP contribution in [0.25, 0.3) is 0 Å². The highest BCUT2D eigenvalue weighted by molar-refractivity contribution is 4.75. The van der Waals surface area contributed by atoms with E-state index in [0.717, 1.165) is 38.6 Å². The molecule has 1 aliphatic rings. The van der Waals surface area contributed by atoms with Crippen LogP contribution in [0.15, 0.2) is 0 Å². The van der Waals surface area contributed by atoms with Crippen molar-refractivity contribution < 1.29 is 5.11 Å². The van der Waals surface area contributed by atoms with Gasteiger partial charge in [0.25, 0.3) is 0 Å². The number of piperidine rings is 1. The lowest BCUT2D eigenvalue weighted by atomic mass is 9.98. The molecule has 1 rings (SSSR count). The van der Waals surface area contributed by atoms with E-state index in [1.165, 1.54) is 12.8 Å². The molecule has 0 radical (unpaired) electrons. The topological polar surface area (TPSA) is 35.5 Å². The van der Waals surface area contributed by atoms with Crippen LogP contribution in [0, 0.1) is 5.92 Å². The molecule has 1 fully saturated rings. The van der Waals surface area contributed by atoms with Crippen molar-refractivity contribution in [3.05, 3.63) is 0 Å². The molecule has 0 aliphatic carbocycles. The van der Waals surface area contributed by atoms with Gasteiger partial charge < -0.3 is 15.3 Å². The molecule has 3 nitrogen and oxygen atoms in total. The van der Waals surface area contributed by atoms with Crippen LogP contribution in [-0.2, 0) is 0 Å². The Balaban J connectivity index is 2.21. The Morgan fingerprint density at radius 1 is 1.57 bits per heavy atom. The molecule has 0 aromatic heterocycles. The summed E-state index contributed by atoms with van der Waals surface area (Å²) in [6.45, 7) is 9.36. The number of rotatable bonds is 5. The second kappa shape index (κ2) is 6.38. The monoisotopic (exact) mass is 200 g/mol. The van der Waals surface area contributed by atoms with E-state index in [1.807, 2.05) is 6.92 Å². The van der Waals surface area contributed by atoms with Crippen LogP contribution in [0.4, 0.5) is 0 Å². The third-order valence-corrected chi connectivity index (χ3v) is 2.81. The summed E-state index contributed by atoms with van der Waals surface area (Å²) in [5, 5.41) is 12.7. The van der Waals surface area contributed by atoms with E-state index in [9.17, 15) is 5.11 Å². The summed E-state index contributed by atoms with van der Waals surface area (Å²) in [5.41, 5.74) is 0. The largest absolute Gasteiger partial charge is 0.392 e. The maximum Gasteiger partial charge on any atom is 0.0639 e. The second-order valence-electron chi connectivity index (χ2n) is 4.42. The van der Waals surface area contributed by atoms with Crippen LogP contribution >= 0.6 is 0 Å². The summed E-state index contributed by atoms with van der Waals surface area (Å²) in [7, 11) is 0. The fraction of sp³-hybridized carbons (Fsp3) is 1.00. The van der Waals surface area contributed by atoms with Crippen molar-refractivity contribution in [3.63, 3.8) is 0 Å². The first-order valence-electron chi connectivity index (χ1n) is 5.83. The standard InChI is InChI=1S/C11H24N2O/c1-3-12-7-11-5-4-6-13(9-11)8-10(2)14/h10-12,14H,3-9H2,1-2H3. The zero-order valence-electron chi connectivity index (χ0n) is 9.50. The summed E-state index contributed by atoms with van der Waals surface area (Å²) in [4.78, 5) is 2.39. The minimum absolute atomic E-state index is 0.187. The number of aliphatic hydroxyl groups excluding tert-OH is 1. The molecule has 3 heteroatoms. The van der Waals surface area contributed by atoms with E-state index in [2.05, 4.69) is 17.1 Å². The minimum atomic E-state index is -0.187. The minimum Gasteiger partial charge on any atom is -0.392 e. The lowest BCUT2D eigenvalue weighted by Gasteiger charge is -2.33. The molecule has 84 valence electrons. The molecule has 2 N–H and O–H groups in total. The van der Waals surface area contributed by atoms with Crippen molar-refractivity contribution in [2.24, 2.45) is 5.92 Å². The molecule has 1 heterocycles. The molecule has 2 atom stereocenters. The van der Waals surface area contributed by atoms with Gasteiger partial charge in [0, 0.05) is 13.1 Å². The van der Waals surface area contributed by atoms with Gasteiger partial charge in [-0.15, -0.1) is 0 Å². The summed E-state index contributed by atoms with van der Waals surface area (Å²) >= 11 is 0. The van der Waals surface area contributed by atoms with Gasteiger partial charge in [-0.05, 0) is 45.3 Å². The first-order valence-corrected chi connectivity index (χ1v) is 5.83. The number of likely N-dealkylation sites (tertiary alicyclic amines) is 1. The molecule has 2 unspecified atom stereocenters. The Hall–Kier alpha value is -0.120. The highest BCUT2D eigenvalue weighted by atomic mass is 16.3. The van der Waals surface area contributed by atoms with E-state index in [0.29, 0.717) is 0 Å². The van der Waals surface area contributed by atoms with Gasteiger partial charge in [-0.3, -0.25) is 0 Å². The second-order valence-corrected chi connectivity index (χ2v) is 4.42. The van der Waals surface area contributed by atoms with Crippen LogP contribution in [0.2, 0.25) is 0 Å². The molecule has 0 aromatic rings. The van der Waals surface area contributed by atoms with Crippen molar-refractivity contribution in [3.8, 4) is 0 Å². The lowest BCUT2D eigenvalue weighted by molar-refractivity contribution is 0.0946. The Morgan fingerprint density at radius 3 is 3.00 bits per heavy atom. The summed E-state index contributed by atoms with van der Waals surface area (Å²) < 4.78 is 0. The average Bonchev–Trinajstić information content (AvgIpc) is 2.14. The smallest absolute Gasteiger partial charge is 0.0639 e. The number of aliphatic hydroxyl groups is 1. The maximum atomic E-state index is 9.31. The van der Waals surface area contributed by atoms with E-state index >= 15 is 0 Å². The first-order chi connectivity index (χ1) is 6.72. The van der Waals surface area contributed by atoms with Gasteiger partial charge in [-0.25, -0.2) is 0 Å². The molecule has 0 bridgehead atoms. The third kappa shape index (κ3) is 4.40. The van der Waals surface area contributed by atoms with Crippen LogP contribution in [-0.4, -0.2) is 48.8 Å². The van der Waals surface area contributed by atoms with E-state index < -0.39 is 0 Å². The predicted molar refractivity (Wildman–Crippen MR) is 59.4 cm³/mol. The highest BCUT2D eigenvalue weighted by Gasteiger charge is 2.19. The number of nitrogens with zero attached hydrogens (tertiary/aromatic N) is 1. The fourth-order valence-corrected chi connectivity index (χ4v) is 2.21. The normalized spacial score (nSPS) is 26.4. The van der Waals surface area contributed by atoms with E-state index in [-0.39, 0.29) is 6.10 Å². The van der Waals surface area contributed by atoms with Crippen molar-refractivity contribution in [1.29, 1.82) is 0 Å². The van der Waals surface area contributed by atoms with Gasteiger partial charge in [0.2, 0.25) is 0 Å². The third-order valence-electron chi connectivity index (χ3n) is 2.81. The van der Waals surface area contributed by atoms with Gasteiger partial charge in [0.1, 0.15) is 0 Å². The molecule has 14 heavy (non-hydrogen) atoms. The van der Waals surface area contributed by atoms with Gasteiger partial charge >= 0.3 is 0 Å². The van der Waals surface area contributed by atoms with E-state index in [4.69, 9.17) is 0 Å². The summed E-state index contributed by atoms with van der Waals surface area (Å²) in [6.07, 6.45) is 2.43. The number of β-amino-alcohol motifs (C(OH)–C–C–N with tert-alkyl or cyclic N) is 1. The summed E-state index contributed by atoms with van der Waals surface area (Å²) in [5.74, 6) is 0.780. The van der Waals surface area contributed by atoms with Gasteiger partial charge in [-0.2, -0.15) is 0 Å².